The third-order valence-corrected chi connectivity index (χ3v) is 2.27. The van der Waals surface area contributed by atoms with Crippen LogP contribution in [0.2, 0.25) is 0 Å². The summed E-state index contributed by atoms with van der Waals surface area (Å²) in [5.74, 6) is -4.18. The molecule has 0 spiro atoms. The Morgan fingerprint density at radius 2 is 1.71 bits per heavy atom. The maximum Gasteiger partial charge on any atom is 0.335 e. The van der Waals surface area contributed by atoms with E-state index in [4.69, 9.17) is 10.6 Å². The molecule has 1 fully saturated rings. The predicted octanol–water partition coefficient (Wildman–Crippen LogP) is 2.03. The Bertz CT molecular complexity index is 619. The van der Waals surface area contributed by atoms with Crippen LogP contribution < -0.4 is 5.32 Å². The molecule has 10 heteroatoms. The van der Waals surface area contributed by atoms with Crippen LogP contribution in [0.5, 0.6) is 0 Å². The van der Waals surface area contributed by atoms with Gasteiger partial charge in [-0.2, -0.15) is 0 Å². The second-order valence-corrected chi connectivity index (χ2v) is 3.75. The normalized spacial score (nSPS) is 12.9. The van der Waals surface area contributed by atoms with Gasteiger partial charge in [-0.25, -0.2) is 13.6 Å². The number of amides is 2. The average Bonchev–Trinajstić information content (AvgIpc) is 2.78. The summed E-state index contributed by atoms with van der Waals surface area (Å²) in [4.78, 5) is 32.8. The molecule has 0 saturated carbocycles. The van der Waals surface area contributed by atoms with Crippen molar-refractivity contribution >= 4 is 23.5 Å². The molecule has 1 aliphatic rings. The smallest absolute Gasteiger partial charge is 0.335 e. The van der Waals surface area contributed by atoms with Crippen LogP contribution in [0.15, 0.2) is 17.2 Å². The van der Waals surface area contributed by atoms with E-state index in [-0.39, 0.29) is 11.8 Å². The van der Waals surface area contributed by atoms with Gasteiger partial charge in [-0.05, 0) is 17.7 Å². The number of benzene rings is 1. The summed E-state index contributed by atoms with van der Waals surface area (Å²) in [7, 11) is 0. The number of hydrogen-bond acceptors (Lipinski definition) is 4. The van der Waals surface area contributed by atoms with Crippen LogP contribution in [0.4, 0.5) is 14.5 Å². The Hall–Kier alpha value is -3.00. The monoisotopic (exact) mass is 298 g/mol. The second kappa shape index (κ2) is 6.96. The van der Waals surface area contributed by atoms with Crippen molar-refractivity contribution in [2.45, 2.75) is 12.8 Å². The number of azide groups is 1. The zero-order valence-corrected chi connectivity index (χ0v) is 10.3. The molecule has 8 nitrogen and oxygen atoms in total. The lowest BCUT2D eigenvalue weighted by molar-refractivity contribution is -0.124. The van der Waals surface area contributed by atoms with Crippen molar-refractivity contribution in [2.24, 2.45) is 5.11 Å². The topological polar surface area (TPSA) is 132 Å². The van der Waals surface area contributed by atoms with E-state index >= 15 is 0 Å². The molecule has 2 N–H and O–H groups in total. The van der Waals surface area contributed by atoms with Crippen LogP contribution in [-0.4, -0.2) is 22.9 Å². The van der Waals surface area contributed by atoms with Crippen molar-refractivity contribution in [3.8, 4) is 0 Å². The largest absolute Gasteiger partial charge is 0.478 e. The van der Waals surface area contributed by atoms with Gasteiger partial charge in [0.2, 0.25) is 11.8 Å². The molecule has 0 aromatic heterocycles. The number of halogens is 2. The minimum absolute atomic E-state index is 0.148. The Kier molecular flexibility index (Phi) is 5.32. The molecular weight excluding hydrogens is 290 g/mol. The lowest BCUT2D eigenvalue weighted by atomic mass is 10.2. The lowest BCUT2D eigenvalue weighted by Crippen LogP contribution is -2.18. The van der Waals surface area contributed by atoms with Gasteiger partial charge in [0.15, 0.2) is 0 Å². The number of imide groups is 1. The molecule has 0 atom stereocenters. The third kappa shape index (κ3) is 4.55. The third-order valence-electron chi connectivity index (χ3n) is 2.27. The molecule has 0 bridgehead atoms. The summed E-state index contributed by atoms with van der Waals surface area (Å²) in [6.45, 7) is 0. The van der Waals surface area contributed by atoms with Gasteiger partial charge in [-0.1, -0.05) is 5.11 Å². The summed E-state index contributed by atoms with van der Waals surface area (Å²) >= 11 is 0. The predicted molar refractivity (Wildman–Crippen MR) is 64.5 cm³/mol. The van der Waals surface area contributed by atoms with Crippen molar-refractivity contribution in [3.63, 3.8) is 0 Å². The summed E-state index contributed by atoms with van der Waals surface area (Å²) in [6.07, 6.45) is 0.748. The molecule has 0 aliphatic carbocycles. The number of rotatable bonds is 2. The lowest BCUT2D eigenvalue weighted by Gasteiger charge is -1.99. The van der Waals surface area contributed by atoms with Gasteiger partial charge in [0, 0.05) is 17.8 Å². The number of hydrogen-bond donors (Lipinski definition) is 2. The molecule has 21 heavy (non-hydrogen) atoms. The van der Waals surface area contributed by atoms with Gasteiger partial charge >= 0.3 is 5.97 Å². The Labute approximate surface area is 116 Å². The fourth-order valence-electron chi connectivity index (χ4n) is 1.34. The first-order chi connectivity index (χ1) is 9.85. The molecule has 2 rings (SSSR count). The highest BCUT2D eigenvalue weighted by Gasteiger charge is 2.15. The maximum absolute atomic E-state index is 12.9. The average molecular weight is 298 g/mol. The van der Waals surface area contributed by atoms with Crippen molar-refractivity contribution in [1.82, 2.24) is 5.32 Å². The Morgan fingerprint density at radius 1 is 1.24 bits per heavy atom. The highest BCUT2D eigenvalue weighted by Crippen LogP contribution is 2.23. The van der Waals surface area contributed by atoms with E-state index < -0.39 is 28.9 Å². The highest BCUT2D eigenvalue weighted by atomic mass is 19.1. The standard InChI is InChI=1S/C7H3F2N3O2.C4H5NO2/c8-4-1-3(7(13)14)2-5(9)6(4)11-12-10;6-3-1-2-4(7)5-3/h1-2H,(H,13,14);1-2H2,(H,5,6,7). The molecule has 1 aromatic carbocycles. The Morgan fingerprint density at radius 3 is 2.00 bits per heavy atom. The van der Waals surface area contributed by atoms with Gasteiger partial charge in [0.05, 0.1) is 5.56 Å². The number of carboxylic acids is 1. The SMILES string of the molecule is O=C1CCC(=O)N1.[N-]=[N+]=Nc1c(F)cc(C(=O)O)cc1F. The van der Waals surface area contributed by atoms with E-state index in [0.29, 0.717) is 25.0 Å². The molecule has 2 amide bonds. The minimum Gasteiger partial charge on any atom is -0.478 e. The molecule has 1 aromatic rings. The number of nitrogens with one attached hydrogen (secondary N) is 1. The molecule has 110 valence electrons. The van der Waals surface area contributed by atoms with Gasteiger partial charge in [0.1, 0.15) is 17.3 Å². The Balaban J connectivity index is 0.000000262. The van der Waals surface area contributed by atoms with E-state index in [1.807, 2.05) is 0 Å². The van der Waals surface area contributed by atoms with Crippen LogP contribution in [-0.2, 0) is 9.59 Å². The summed E-state index contributed by atoms with van der Waals surface area (Å²) in [5, 5.41) is 13.3. The van der Waals surface area contributed by atoms with E-state index in [1.165, 1.54) is 0 Å². The fraction of sp³-hybridized carbons (Fsp3) is 0.182. The minimum atomic E-state index is -1.46. The zero-order valence-electron chi connectivity index (χ0n) is 10.3. The molecule has 0 unspecified atom stereocenters. The number of carbonyl (C=O) groups is 3. The van der Waals surface area contributed by atoms with Gasteiger partial charge in [-0.15, -0.1) is 0 Å². The zero-order chi connectivity index (χ0) is 16.0. The van der Waals surface area contributed by atoms with Crippen molar-refractivity contribution in [3.05, 3.63) is 39.8 Å². The molecule has 1 heterocycles. The van der Waals surface area contributed by atoms with Crippen molar-refractivity contribution in [2.75, 3.05) is 0 Å². The van der Waals surface area contributed by atoms with Crippen LogP contribution in [0.3, 0.4) is 0 Å². The molecular formula is C11H8F2N4O4. The van der Waals surface area contributed by atoms with E-state index in [0.717, 1.165) is 0 Å². The first-order valence-corrected chi connectivity index (χ1v) is 5.45. The molecule has 1 aliphatic heterocycles. The van der Waals surface area contributed by atoms with Crippen molar-refractivity contribution < 1.29 is 28.3 Å². The summed E-state index contributed by atoms with van der Waals surface area (Å²) in [6, 6.07) is 1.16. The van der Waals surface area contributed by atoms with E-state index in [9.17, 15) is 23.2 Å². The van der Waals surface area contributed by atoms with E-state index in [1.54, 1.807) is 0 Å². The van der Waals surface area contributed by atoms with Crippen LogP contribution in [0.1, 0.15) is 23.2 Å². The first kappa shape index (κ1) is 16.1. The summed E-state index contributed by atoms with van der Waals surface area (Å²) in [5.41, 5.74) is 6.58. The highest BCUT2D eigenvalue weighted by molar-refractivity contribution is 6.01. The summed E-state index contributed by atoms with van der Waals surface area (Å²) < 4.78 is 25.8. The molecule has 0 radical (unpaired) electrons. The number of carboxylic acid groups (broad SMARTS) is 1. The van der Waals surface area contributed by atoms with Gasteiger partial charge < -0.3 is 5.11 Å². The number of carbonyl (C=O) groups excluding carboxylic acids is 2. The van der Waals surface area contributed by atoms with Crippen LogP contribution >= 0.6 is 0 Å². The maximum atomic E-state index is 12.9. The quantitative estimate of drug-likeness (QED) is 0.374. The number of aromatic carboxylic acids is 1. The van der Waals surface area contributed by atoms with E-state index in [2.05, 4.69) is 15.3 Å². The van der Waals surface area contributed by atoms with Crippen LogP contribution in [0.25, 0.3) is 10.4 Å². The van der Waals surface area contributed by atoms with Crippen molar-refractivity contribution in [1.29, 1.82) is 0 Å². The fourth-order valence-corrected chi connectivity index (χ4v) is 1.34. The van der Waals surface area contributed by atoms with Gasteiger partial charge in [0.25, 0.3) is 0 Å². The second-order valence-electron chi connectivity index (χ2n) is 3.75. The van der Waals surface area contributed by atoms with Gasteiger partial charge in [-0.3, -0.25) is 14.9 Å². The van der Waals surface area contributed by atoms with Crippen LogP contribution in [0, 0.1) is 11.6 Å². The molecule has 1 saturated heterocycles. The number of nitrogens with zero attached hydrogens (tertiary/aromatic N) is 3. The first-order valence-electron chi connectivity index (χ1n) is 5.45.